The highest BCUT2D eigenvalue weighted by Gasteiger charge is 2.40. The van der Waals surface area contributed by atoms with Crippen molar-refractivity contribution in [1.82, 2.24) is 0 Å². The van der Waals surface area contributed by atoms with Crippen LogP contribution >= 0.6 is 0 Å². The summed E-state index contributed by atoms with van der Waals surface area (Å²) in [6.45, 7) is 0.443. The largest absolute Gasteiger partial charge is 0.383 e. The molecule has 0 aromatic rings. The van der Waals surface area contributed by atoms with Crippen molar-refractivity contribution in [3.05, 3.63) is 0 Å². The summed E-state index contributed by atoms with van der Waals surface area (Å²) in [5, 5.41) is -0.271. The topological polar surface area (TPSA) is 69.4 Å². The summed E-state index contributed by atoms with van der Waals surface area (Å²) in [5.74, 6) is 0. The van der Waals surface area contributed by atoms with Crippen molar-refractivity contribution in [2.24, 2.45) is 5.73 Å². The summed E-state index contributed by atoms with van der Waals surface area (Å²) >= 11 is 0. The van der Waals surface area contributed by atoms with E-state index in [0.29, 0.717) is 19.4 Å². The van der Waals surface area contributed by atoms with Crippen LogP contribution in [0, 0.1) is 0 Å². The minimum absolute atomic E-state index is 0.271. The highest BCUT2D eigenvalue weighted by atomic mass is 32.2. The van der Waals surface area contributed by atoms with Crippen molar-refractivity contribution in [2.45, 2.75) is 30.1 Å². The maximum absolute atomic E-state index is 11.2. The predicted octanol–water partition coefficient (Wildman–Crippen LogP) is -0.0726. The second-order valence-electron chi connectivity index (χ2n) is 3.99. The number of rotatable bonds is 3. The number of nitrogens with two attached hydrogens (primary N) is 1. The summed E-state index contributed by atoms with van der Waals surface area (Å²) in [6.07, 6.45) is 3.20. The first-order valence-corrected chi connectivity index (χ1v) is 6.29. The van der Waals surface area contributed by atoms with E-state index in [4.69, 9.17) is 10.5 Å². The van der Waals surface area contributed by atoms with E-state index in [1.807, 2.05) is 0 Å². The third-order valence-corrected chi connectivity index (χ3v) is 4.25. The van der Waals surface area contributed by atoms with E-state index in [1.165, 1.54) is 6.26 Å². The first kappa shape index (κ1) is 10.9. The predicted molar refractivity (Wildman–Crippen MR) is 51.3 cm³/mol. The smallest absolute Gasteiger partial charge is 0.150 e. The molecule has 2 atom stereocenters. The minimum atomic E-state index is -2.93. The van der Waals surface area contributed by atoms with Gasteiger partial charge in [0, 0.05) is 18.9 Å². The van der Waals surface area contributed by atoms with Gasteiger partial charge in [-0.05, 0) is 19.3 Å². The van der Waals surface area contributed by atoms with Crippen LogP contribution in [0.1, 0.15) is 19.3 Å². The van der Waals surface area contributed by atoms with Gasteiger partial charge in [0.25, 0.3) is 0 Å². The number of hydrogen-bond acceptors (Lipinski definition) is 4. The summed E-state index contributed by atoms with van der Waals surface area (Å²) in [4.78, 5) is 0. The maximum Gasteiger partial charge on any atom is 0.150 e. The third kappa shape index (κ3) is 2.65. The number of ether oxygens (including phenoxy) is 1. The zero-order valence-corrected chi connectivity index (χ0v) is 8.93. The van der Waals surface area contributed by atoms with Gasteiger partial charge in [-0.25, -0.2) is 8.42 Å². The molecule has 0 aromatic heterocycles. The van der Waals surface area contributed by atoms with E-state index in [-0.39, 0.29) is 5.25 Å². The van der Waals surface area contributed by atoms with Crippen molar-refractivity contribution < 1.29 is 13.2 Å². The van der Waals surface area contributed by atoms with Crippen LogP contribution in [0.15, 0.2) is 0 Å². The second kappa shape index (κ2) is 3.55. The van der Waals surface area contributed by atoms with Gasteiger partial charge >= 0.3 is 0 Å². The van der Waals surface area contributed by atoms with E-state index in [9.17, 15) is 8.42 Å². The van der Waals surface area contributed by atoms with Crippen molar-refractivity contribution >= 4 is 9.84 Å². The van der Waals surface area contributed by atoms with Crippen LogP contribution in [-0.2, 0) is 14.6 Å². The van der Waals surface area contributed by atoms with Crippen molar-refractivity contribution in [2.75, 3.05) is 20.0 Å². The van der Waals surface area contributed by atoms with Crippen LogP contribution in [0.25, 0.3) is 0 Å². The van der Waals surface area contributed by atoms with Crippen LogP contribution in [0.5, 0.6) is 0 Å². The number of sulfone groups is 1. The molecule has 0 radical (unpaired) electrons. The van der Waals surface area contributed by atoms with Gasteiger partial charge in [-0.2, -0.15) is 0 Å². The molecule has 78 valence electrons. The molecule has 5 heteroatoms. The van der Waals surface area contributed by atoms with Gasteiger partial charge < -0.3 is 10.5 Å². The maximum atomic E-state index is 11.2. The molecule has 2 N–H and O–H groups in total. The molecule has 0 aromatic carbocycles. The van der Waals surface area contributed by atoms with Crippen LogP contribution in [0.2, 0.25) is 0 Å². The monoisotopic (exact) mass is 207 g/mol. The summed E-state index contributed by atoms with van der Waals surface area (Å²) in [6, 6.07) is 0. The first-order chi connectivity index (χ1) is 5.87. The van der Waals surface area contributed by atoms with E-state index < -0.39 is 15.4 Å². The first-order valence-electron chi connectivity index (χ1n) is 4.34. The van der Waals surface area contributed by atoms with E-state index in [2.05, 4.69) is 0 Å². The van der Waals surface area contributed by atoms with Crippen LogP contribution in [-0.4, -0.2) is 39.2 Å². The van der Waals surface area contributed by atoms with Gasteiger partial charge in [-0.15, -0.1) is 0 Å². The van der Waals surface area contributed by atoms with Crippen LogP contribution in [0.4, 0.5) is 0 Å². The fourth-order valence-electron chi connectivity index (χ4n) is 1.89. The molecular formula is C8H17NO3S. The van der Waals surface area contributed by atoms with Gasteiger partial charge in [-0.1, -0.05) is 0 Å². The van der Waals surface area contributed by atoms with Gasteiger partial charge in [0.15, 0.2) is 0 Å². The van der Waals surface area contributed by atoms with Gasteiger partial charge in [0.2, 0.25) is 0 Å². The molecule has 4 nitrogen and oxygen atoms in total. The van der Waals surface area contributed by atoms with Crippen molar-refractivity contribution in [3.8, 4) is 0 Å². The molecule has 0 saturated heterocycles. The van der Waals surface area contributed by atoms with Gasteiger partial charge in [0.1, 0.15) is 9.84 Å². The molecule has 0 spiro atoms. The lowest BCUT2D eigenvalue weighted by Crippen LogP contribution is -2.42. The van der Waals surface area contributed by atoms with Crippen molar-refractivity contribution in [1.29, 1.82) is 0 Å². The molecule has 1 aliphatic carbocycles. The molecule has 0 aliphatic heterocycles. The minimum Gasteiger partial charge on any atom is -0.383 e. The zero-order valence-electron chi connectivity index (χ0n) is 8.12. The molecule has 1 saturated carbocycles. The fourth-order valence-corrected chi connectivity index (χ4v) is 3.07. The summed E-state index contributed by atoms with van der Waals surface area (Å²) in [5.41, 5.74) is 5.54. The Morgan fingerprint density at radius 2 is 2.23 bits per heavy atom. The van der Waals surface area contributed by atoms with Crippen LogP contribution in [0.3, 0.4) is 0 Å². The van der Waals surface area contributed by atoms with E-state index >= 15 is 0 Å². The lowest BCUT2D eigenvalue weighted by atomic mass is 10.0. The number of methoxy groups -OCH3 is 1. The number of hydrogen-bond donors (Lipinski definition) is 1. The Balaban J connectivity index is 2.63. The Labute approximate surface area is 79.4 Å². The SMILES string of the molecule is COC[C@]1(N)CC[C@H](S(C)(=O)=O)C1. The molecule has 0 unspecified atom stereocenters. The Hall–Kier alpha value is -0.130. The van der Waals surface area contributed by atoms with E-state index in [0.717, 1.165) is 6.42 Å². The Morgan fingerprint density at radius 1 is 1.62 bits per heavy atom. The Morgan fingerprint density at radius 3 is 2.62 bits per heavy atom. The summed E-state index contributed by atoms with van der Waals surface area (Å²) in [7, 11) is -1.34. The quantitative estimate of drug-likeness (QED) is 0.703. The average molecular weight is 207 g/mol. The zero-order chi connectivity index (χ0) is 10.1. The molecule has 0 bridgehead atoms. The molecule has 1 rings (SSSR count). The molecular weight excluding hydrogens is 190 g/mol. The second-order valence-corrected chi connectivity index (χ2v) is 6.32. The van der Waals surface area contributed by atoms with E-state index in [1.54, 1.807) is 7.11 Å². The fraction of sp³-hybridized carbons (Fsp3) is 1.00. The molecule has 1 fully saturated rings. The lowest BCUT2D eigenvalue weighted by Gasteiger charge is -2.22. The highest BCUT2D eigenvalue weighted by molar-refractivity contribution is 7.91. The molecule has 0 heterocycles. The lowest BCUT2D eigenvalue weighted by molar-refractivity contribution is 0.135. The summed E-state index contributed by atoms with van der Waals surface area (Å²) < 4.78 is 27.4. The van der Waals surface area contributed by atoms with Crippen LogP contribution < -0.4 is 5.73 Å². The standard InChI is InChI=1S/C8H17NO3S/c1-12-6-8(9)4-3-7(5-8)13(2,10)11/h7H,3-6,9H2,1-2H3/t7-,8-/m0/s1. The van der Waals surface area contributed by atoms with Crippen molar-refractivity contribution in [3.63, 3.8) is 0 Å². The third-order valence-electron chi connectivity index (χ3n) is 2.64. The molecule has 0 amide bonds. The van der Waals surface area contributed by atoms with Gasteiger partial charge in [0.05, 0.1) is 11.9 Å². The normalized spacial score (nSPS) is 35.2. The molecule has 1 aliphatic rings. The molecule has 13 heavy (non-hydrogen) atoms. The van der Waals surface area contributed by atoms with Gasteiger partial charge in [-0.3, -0.25) is 0 Å². The average Bonchev–Trinajstić information content (AvgIpc) is 2.31. The highest BCUT2D eigenvalue weighted by Crippen LogP contribution is 2.31. The Bertz CT molecular complexity index is 275. The Kier molecular flexibility index (Phi) is 2.99.